The van der Waals surface area contributed by atoms with E-state index >= 15 is 0 Å². The maximum atomic E-state index is 14.3. The van der Waals surface area contributed by atoms with Gasteiger partial charge in [-0.1, -0.05) is 0 Å². The first-order valence-electron chi connectivity index (χ1n) is 12.5. The summed E-state index contributed by atoms with van der Waals surface area (Å²) >= 11 is 1.46. The molecule has 5 rings (SSSR count). The van der Waals surface area contributed by atoms with Gasteiger partial charge in [-0.15, -0.1) is 11.3 Å². The lowest BCUT2D eigenvalue weighted by Crippen LogP contribution is -2.43. The zero-order valence-electron chi connectivity index (χ0n) is 22.3. The van der Waals surface area contributed by atoms with Crippen LogP contribution in [0.25, 0.3) is 32.6 Å². The largest absolute Gasteiger partial charge is 0.493 e. The predicted molar refractivity (Wildman–Crippen MR) is 145 cm³/mol. The minimum Gasteiger partial charge on any atom is -0.493 e. The second-order valence-corrected chi connectivity index (χ2v) is 11.7. The summed E-state index contributed by atoms with van der Waals surface area (Å²) in [6.45, 7) is 12.0. The summed E-state index contributed by atoms with van der Waals surface area (Å²) in [4.78, 5) is 19.0. The summed E-state index contributed by atoms with van der Waals surface area (Å²) in [5.41, 5.74) is 2.58. The van der Waals surface area contributed by atoms with Crippen LogP contribution in [0.15, 0.2) is 35.7 Å². The number of pyridine rings is 1. The average molecular weight is 539 g/mol. The van der Waals surface area contributed by atoms with Gasteiger partial charge in [-0.3, -0.25) is 4.68 Å². The van der Waals surface area contributed by atoms with Crippen molar-refractivity contribution in [1.29, 1.82) is 0 Å². The molecule has 4 aromatic rings. The van der Waals surface area contributed by atoms with Crippen molar-refractivity contribution in [1.82, 2.24) is 19.7 Å². The molecule has 0 spiro atoms. The molecule has 1 aliphatic heterocycles. The quantitative estimate of drug-likeness (QED) is 0.308. The minimum absolute atomic E-state index is 0.104. The van der Waals surface area contributed by atoms with E-state index in [0.717, 1.165) is 10.4 Å². The van der Waals surface area contributed by atoms with Crippen molar-refractivity contribution < 1.29 is 23.8 Å². The lowest BCUT2D eigenvalue weighted by atomic mass is 9.99. The number of hydrogen-bond donors (Lipinski definition) is 1. The summed E-state index contributed by atoms with van der Waals surface area (Å²) in [5, 5.41) is 18.1. The standard InChI is InChI=1S/C28H31FN4O4S/c1-15(2)36-22-11-17(29)7-8-19(22)23-24(30-26(34)20-9-10-38-25(20)23)21-12-18-14-32(13-16(3)33(18)31-21)27(35)37-28(4,5)6/h7-12,15-16H,13-14H2,1-6H3,(H,30,34)/t16-/m1/s1. The molecule has 3 aromatic heterocycles. The third-order valence-electron chi connectivity index (χ3n) is 6.13. The molecule has 0 radical (unpaired) electrons. The maximum absolute atomic E-state index is 14.3. The van der Waals surface area contributed by atoms with Gasteiger partial charge >= 0.3 is 6.09 Å². The van der Waals surface area contributed by atoms with Crippen molar-refractivity contribution in [2.24, 2.45) is 0 Å². The van der Waals surface area contributed by atoms with Crippen LogP contribution in [0.4, 0.5) is 9.18 Å². The second kappa shape index (κ2) is 9.58. The summed E-state index contributed by atoms with van der Waals surface area (Å²) in [6.07, 6.45) is -0.556. The van der Waals surface area contributed by atoms with Crippen molar-refractivity contribution in [2.45, 2.75) is 65.8 Å². The Labute approximate surface area is 224 Å². The van der Waals surface area contributed by atoms with Crippen LogP contribution in [0.2, 0.25) is 0 Å². The molecule has 0 saturated heterocycles. The van der Waals surface area contributed by atoms with Crippen molar-refractivity contribution in [3.8, 4) is 34.1 Å². The number of halogens is 1. The Kier molecular flexibility index (Phi) is 6.54. The molecule has 8 nitrogen and oxygen atoms in total. The van der Waals surface area contributed by atoms with Crippen LogP contribution in [-0.2, 0) is 11.3 Å². The number of hydrogen-bond acceptors (Lipinski definition) is 7. The predicted octanol–water partition coefficient (Wildman–Crippen LogP) is 6.77. The van der Waals surface area contributed by atoms with Gasteiger partial charge in [-0.2, -0.15) is 5.10 Å². The Balaban J connectivity index is 1.65. The number of nitrogens with zero attached hydrogens (tertiary/aromatic N) is 4. The molecule has 10 heteroatoms. The molecular formula is C28H31FN4O4S. The van der Waals surface area contributed by atoms with Gasteiger partial charge < -0.3 is 19.5 Å². The fourth-order valence-corrected chi connectivity index (χ4v) is 5.62. The highest BCUT2D eigenvalue weighted by molar-refractivity contribution is 7.17. The molecular weight excluding hydrogens is 507 g/mol. The highest BCUT2D eigenvalue weighted by atomic mass is 32.1. The molecule has 1 aliphatic rings. The van der Waals surface area contributed by atoms with Gasteiger partial charge in [0, 0.05) is 28.4 Å². The Morgan fingerprint density at radius 2 is 2.00 bits per heavy atom. The molecule has 0 bridgehead atoms. The van der Waals surface area contributed by atoms with Gasteiger partial charge in [0.05, 0.1) is 29.8 Å². The summed E-state index contributed by atoms with van der Waals surface area (Å²) < 4.78 is 28.5. The lowest BCUT2D eigenvalue weighted by molar-refractivity contribution is 0.0167. The van der Waals surface area contributed by atoms with Crippen LogP contribution in [0.1, 0.15) is 53.3 Å². The van der Waals surface area contributed by atoms with Gasteiger partial charge in [0.15, 0.2) is 0 Å². The molecule has 0 unspecified atom stereocenters. The third kappa shape index (κ3) is 4.92. The Morgan fingerprint density at radius 1 is 1.24 bits per heavy atom. The molecule has 0 fully saturated rings. The zero-order valence-corrected chi connectivity index (χ0v) is 23.1. The van der Waals surface area contributed by atoms with E-state index in [1.54, 1.807) is 17.0 Å². The molecule has 4 heterocycles. The van der Waals surface area contributed by atoms with E-state index in [1.165, 1.54) is 23.5 Å². The van der Waals surface area contributed by atoms with E-state index in [2.05, 4.69) is 4.98 Å². The summed E-state index contributed by atoms with van der Waals surface area (Å²) in [5.74, 6) is -0.131. The lowest BCUT2D eigenvalue weighted by Gasteiger charge is -2.33. The maximum Gasteiger partial charge on any atom is 0.410 e. The Bertz CT molecular complexity index is 1520. The number of benzene rings is 1. The van der Waals surface area contributed by atoms with Crippen LogP contribution < -0.4 is 4.74 Å². The first kappa shape index (κ1) is 26.0. The van der Waals surface area contributed by atoms with E-state index in [1.807, 2.05) is 57.7 Å². The number of aromatic hydroxyl groups is 1. The van der Waals surface area contributed by atoms with Crippen LogP contribution in [0, 0.1) is 5.82 Å². The molecule has 1 amide bonds. The number of fused-ring (bicyclic) bond motifs is 2. The number of amides is 1. The number of aromatic nitrogens is 3. The monoisotopic (exact) mass is 538 g/mol. The molecule has 0 aliphatic carbocycles. The van der Waals surface area contributed by atoms with Gasteiger partial charge in [0.2, 0.25) is 5.88 Å². The molecule has 0 saturated carbocycles. The SMILES string of the molecule is CC(C)Oc1cc(F)ccc1-c1c(-c2cc3n(n2)[C@H](C)CN(C(=O)OC(C)(C)C)C3)nc(O)c2ccsc12. The van der Waals surface area contributed by atoms with E-state index in [0.29, 0.717) is 46.7 Å². The van der Waals surface area contributed by atoms with Crippen molar-refractivity contribution >= 4 is 27.5 Å². The fourth-order valence-electron chi connectivity index (χ4n) is 4.67. The van der Waals surface area contributed by atoms with Gasteiger partial charge in [0.1, 0.15) is 28.6 Å². The van der Waals surface area contributed by atoms with E-state index in [9.17, 15) is 14.3 Å². The topological polar surface area (TPSA) is 89.7 Å². The van der Waals surface area contributed by atoms with Crippen molar-refractivity contribution in [2.75, 3.05) is 6.54 Å². The number of rotatable bonds is 4. The van der Waals surface area contributed by atoms with Gasteiger partial charge in [0.25, 0.3) is 0 Å². The second-order valence-electron chi connectivity index (χ2n) is 10.8. The number of carbonyl (C=O) groups excluding carboxylic acids is 1. The van der Waals surface area contributed by atoms with Crippen LogP contribution in [0.5, 0.6) is 11.6 Å². The molecule has 1 aromatic carbocycles. The molecule has 1 N–H and O–H groups in total. The average Bonchev–Trinajstić information content (AvgIpc) is 3.46. The third-order valence-corrected chi connectivity index (χ3v) is 7.06. The minimum atomic E-state index is -0.597. The summed E-state index contributed by atoms with van der Waals surface area (Å²) in [6, 6.07) is 8.01. The van der Waals surface area contributed by atoms with Crippen LogP contribution >= 0.6 is 11.3 Å². The Hall–Kier alpha value is -3.66. The molecule has 38 heavy (non-hydrogen) atoms. The van der Waals surface area contributed by atoms with E-state index < -0.39 is 11.4 Å². The van der Waals surface area contributed by atoms with E-state index in [-0.39, 0.29) is 24.1 Å². The van der Waals surface area contributed by atoms with Crippen LogP contribution in [0.3, 0.4) is 0 Å². The highest BCUT2D eigenvalue weighted by Gasteiger charge is 2.31. The first-order chi connectivity index (χ1) is 17.9. The molecule has 1 atom stereocenters. The van der Waals surface area contributed by atoms with Gasteiger partial charge in [-0.25, -0.2) is 14.2 Å². The normalized spacial score (nSPS) is 15.7. The molecule has 200 valence electrons. The van der Waals surface area contributed by atoms with Gasteiger partial charge in [-0.05, 0) is 71.2 Å². The van der Waals surface area contributed by atoms with Crippen molar-refractivity contribution in [3.05, 3.63) is 47.2 Å². The fraction of sp³-hybridized carbons (Fsp3) is 0.393. The Morgan fingerprint density at radius 3 is 2.71 bits per heavy atom. The number of carbonyl (C=O) groups is 1. The highest BCUT2D eigenvalue weighted by Crippen LogP contribution is 2.46. The van der Waals surface area contributed by atoms with Crippen molar-refractivity contribution in [3.63, 3.8) is 0 Å². The first-order valence-corrected chi connectivity index (χ1v) is 13.4. The van der Waals surface area contributed by atoms with Crippen LogP contribution in [-0.4, -0.2) is 49.1 Å². The smallest absolute Gasteiger partial charge is 0.410 e. The van der Waals surface area contributed by atoms with E-state index in [4.69, 9.17) is 14.6 Å². The number of thiophene rings is 1. The zero-order chi connectivity index (χ0) is 27.4. The summed E-state index contributed by atoms with van der Waals surface area (Å²) in [7, 11) is 0. The number of ether oxygens (including phenoxy) is 2.